The van der Waals surface area contributed by atoms with E-state index in [1.807, 2.05) is 0 Å². The first-order valence-corrected chi connectivity index (χ1v) is 6.80. The molecule has 94 valence electrons. The van der Waals surface area contributed by atoms with Gasteiger partial charge in [-0.2, -0.15) is 0 Å². The highest BCUT2D eigenvalue weighted by molar-refractivity contribution is 4.90. The fourth-order valence-corrected chi connectivity index (χ4v) is 2.36. The molecule has 1 atom stereocenters. The molecule has 2 rings (SSSR count). The molecule has 0 spiro atoms. The van der Waals surface area contributed by atoms with Crippen LogP contribution in [-0.2, 0) is 4.74 Å². The molecule has 1 N–H and O–H groups in total. The molecule has 1 saturated heterocycles. The lowest BCUT2D eigenvalue weighted by Gasteiger charge is -2.31. The summed E-state index contributed by atoms with van der Waals surface area (Å²) in [7, 11) is 0. The predicted octanol–water partition coefficient (Wildman–Crippen LogP) is 2.97. The second-order valence-corrected chi connectivity index (χ2v) is 7.02. The van der Waals surface area contributed by atoms with Crippen LogP contribution in [0, 0.1) is 10.8 Å². The Bertz CT molecular complexity index is 221. The van der Waals surface area contributed by atoms with E-state index in [1.54, 1.807) is 0 Å². The fraction of sp³-hybridized carbons (Fsp3) is 1.00. The third-order valence-corrected chi connectivity index (χ3v) is 3.93. The molecule has 1 heterocycles. The van der Waals surface area contributed by atoms with Crippen LogP contribution in [0.1, 0.15) is 52.9 Å². The first kappa shape index (κ1) is 12.4. The molecule has 0 aromatic rings. The molecule has 2 heteroatoms. The van der Waals surface area contributed by atoms with Crippen LogP contribution >= 0.6 is 0 Å². The Kier molecular flexibility index (Phi) is 3.60. The van der Waals surface area contributed by atoms with E-state index in [9.17, 15) is 0 Å². The first-order chi connectivity index (χ1) is 7.49. The molecule has 1 unspecified atom stereocenters. The third kappa shape index (κ3) is 3.74. The quantitative estimate of drug-likeness (QED) is 0.776. The number of rotatable bonds is 5. The normalized spacial score (nSPS) is 30.9. The molecule has 0 bridgehead atoms. The molecule has 0 aromatic carbocycles. The van der Waals surface area contributed by atoms with Crippen molar-refractivity contribution in [2.75, 3.05) is 19.8 Å². The van der Waals surface area contributed by atoms with Gasteiger partial charge in [0.05, 0.1) is 6.61 Å². The van der Waals surface area contributed by atoms with Gasteiger partial charge in [0.15, 0.2) is 0 Å². The zero-order chi connectivity index (χ0) is 11.6. The molecular formula is C14H27NO. The van der Waals surface area contributed by atoms with Gasteiger partial charge in [-0.05, 0) is 37.5 Å². The van der Waals surface area contributed by atoms with Crippen LogP contribution < -0.4 is 5.32 Å². The zero-order valence-electron chi connectivity index (χ0n) is 11.1. The number of nitrogens with one attached hydrogen (secondary N) is 1. The van der Waals surface area contributed by atoms with Gasteiger partial charge >= 0.3 is 0 Å². The van der Waals surface area contributed by atoms with Gasteiger partial charge in [-0.15, -0.1) is 0 Å². The molecule has 2 fully saturated rings. The summed E-state index contributed by atoms with van der Waals surface area (Å²) >= 11 is 0. The van der Waals surface area contributed by atoms with Crippen LogP contribution in [0.3, 0.4) is 0 Å². The second-order valence-electron chi connectivity index (χ2n) is 7.02. The minimum Gasteiger partial charge on any atom is -0.381 e. The monoisotopic (exact) mass is 225 g/mol. The smallest absolute Gasteiger partial charge is 0.0535 e. The van der Waals surface area contributed by atoms with E-state index in [-0.39, 0.29) is 0 Å². The SMILES string of the molecule is CC(C)(C)CCC1(CNC2CC2)CCOC1. The number of hydrogen-bond donors (Lipinski definition) is 1. The lowest BCUT2D eigenvalue weighted by molar-refractivity contribution is 0.133. The van der Waals surface area contributed by atoms with E-state index in [0.717, 1.165) is 19.3 Å². The van der Waals surface area contributed by atoms with Gasteiger partial charge in [-0.25, -0.2) is 0 Å². The highest BCUT2D eigenvalue weighted by Gasteiger charge is 2.37. The lowest BCUT2D eigenvalue weighted by Crippen LogP contribution is -2.36. The second kappa shape index (κ2) is 4.66. The minimum atomic E-state index is 0.440. The van der Waals surface area contributed by atoms with Crippen molar-refractivity contribution in [2.45, 2.75) is 58.9 Å². The summed E-state index contributed by atoms with van der Waals surface area (Å²) in [6.45, 7) is 10.1. The summed E-state index contributed by atoms with van der Waals surface area (Å²) in [5.41, 5.74) is 0.894. The summed E-state index contributed by atoms with van der Waals surface area (Å²) in [4.78, 5) is 0. The third-order valence-electron chi connectivity index (χ3n) is 3.93. The molecule has 1 aliphatic carbocycles. The number of hydrogen-bond acceptors (Lipinski definition) is 2. The van der Waals surface area contributed by atoms with Crippen molar-refractivity contribution >= 4 is 0 Å². The maximum absolute atomic E-state index is 5.64. The van der Waals surface area contributed by atoms with Gasteiger partial charge in [0.2, 0.25) is 0 Å². The minimum absolute atomic E-state index is 0.440. The van der Waals surface area contributed by atoms with Crippen LogP contribution in [0.5, 0.6) is 0 Å². The van der Waals surface area contributed by atoms with Crippen LogP contribution in [0.2, 0.25) is 0 Å². The molecule has 2 nitrogen and oxygen atoms in total. The maximum Gasteiger partial charge on any atom is 0.0535 e. The van der Waals surface area contributed by atoms with Crippen molar-refractivity contribution in [2.24, 2.45) is 10.8 Å². The first-order valence-electron chi connectivity index (χ1n) is 6.80. The average Bonchev–Trinajstić information content (AvgIpc) is 2.91. The van der Waals surface area contributed by atoms with E-state index in [1.165, 1.54) is 38.6 Å². The summed E-state index contributed by atoms with van der Waals surface area (Å²) in [6.07, 6.45) is 6.65. The van der Waals surface area contributed by atoms with Crippen LogP contribution in [0.4, 0.5) is 0 Å². The van der Waals surface area contributed by atoms with Crippen LogP contribution in [-0.4, -0.2) is 25.8 Å². The molecule has 0 aromatic heterocycles. The molecule has 1 saturated carbocycles. The average molecular weight is 225 g/mol. The molecule has 0 radical (unpaired) electrons. The van der Waals surface area contributed by atoms with Crippen LogP contribution in [0.25, 0.3) is 0 Å². The number of ether oxygens (including phenoxy) is 1. The van der Waals surface area contributed by atoms with Gasteiger partial charge in [-0.3, -0.25) is 0 Å². The van der Waals surface area contributed by atoms with Gasteiger partial charge in [0.1, 0.15) is 0 Å². The van der Waals surface area contributed by atoms with Gasteiger partial charge < -0.3 is 10.1 Å². The standard InChI is InChI=1S/C14H27NO/c1-13(2,3)6-7-14(8-9-16-11-14)10-15-12-4-5-12/h12,15H,4-11H2,1-3H3. The Hall–Kier alpha value is -0.0800. The summed E-state index contributed by atoms with van der Waals surface area (Å²) in [5.74, 6) is 0. The highest BCUT2D eigenvalue weighted by Crippen LogP contribution is 2.37. The zero-order valence-corrected chi connectivity index (χ0v) is 11.1. The van der Waals surface area contributed by atoms with Crippen molar-refractivity contribution in [1.82, 2.24) is 5.32 Å². The summed E-state index contributed by atoms with van der Waals surface area (Å²) in [5, 5.41) is 3.70. The van der Waals surface area contributed by atoms with Crippen molar-refractivity contribution in [3.05, 3.63) is 0 Å². The Morgan fingerprint density at radius 1 is 1.31 bits per heavy atom. The van der Waals surface area contributed by atoms with E-state index >= 15 is 0 Å². The molecule has 16 heavy (non-hydrogen) atoms. The summed E-state index contributed by atoms with van der Waals surface area (Å²) in [6, 6.07) is 0.826. The van der Waals surface area contributed by atoms with Gasteiger partial charge in [0, 0.05) is 24.6 Å². The van der Waals surface area contributed by atoms with E-state index in [2.05, 4.69) is 26.1 Å². The van der Waals surface area contributed by atoms with E-state index in [4.69, 9.17) is 4.74 Å². The predicted molar refractivity (Wildman–Crippen MR) is 67.6 cm³/mol. The molecule has 0 amide bonds. The van der Waals surface area contributed by atoms with Crippen molar-refractivity contribution in [1.29, 1.82) is 0 Å². The largest absolute Gasteiger partial charge is 0.381 e. The lowest BCUT2D eigenvalue weighted by atomic mass is 9.77. The maximum atomic E-state index is 5.64. The topological polar surface area (TPSA) is 21.3 Å². The Labute approximate surface area is 100 Å². The fourth-order valence-electron chi connectivity index (χ4n) is 2.36. The highest BCUT2D eigenvalue weighted by atomic mass is 16.5. The summed E-state index contributed by atoms with van der Waals surface area (Å²) < 4.78 is 5.64. The Morgan fingerprint density at radius 2 is 2.06 bits per heavy atom. The van der Waals surface area contributed by atoms with Crippen molar-refractivity contribution < 1.29 is 4.74 Å². The molecule has 1 aliphatic heterocycles. The van der Waals surface area contributed by atoms with E-state index in [0.29, 0.717) is 10.8 Å². The van der Waals surface area contributed by atoms with Gasteiger partial charge in [0.25, 0.3) is 0 Å². The van der Waals surface area contributed by atoms with Crippen molar-refractivity contribution in [3.63, 3.8) is 0 Å². The molecular weight excluding hydrogens is 198 g/mol. The van der Waals surface area contributed by atoms with E-state index < -0.39 is 0 Å². The Balaban J connectivity index is 1.81. The Morgan fingerprint density at radius 3 is 2.56 bits per heavy atom. The van der Waals surface area contributed by atoms with Crippen molar-refractivity contribution in [3.8, 4) is 0 Å². The van der Waals surface area contributed by atoms with Gasteiger partial charge in [-0.1, -0.05) is 20.8 Å². The van der Waals surface area contributed by atoms with Crippen LogP contribution in [0.15, 0.2) is 0 Å². The molecule has 2 aliphatic rings.